The zero-order valence-electron chi connectivity index (χ0n) is 19.3. The van der Waals surface area contributed by atoms with E-state index in [1.165, 1.54) is 7.11 Å². The lowest BCUT2D eigenvalue weighted by molar-refractivity contribution is -0.135. The molecule has 0 radical (unpaired) electrons. The molecule has 2 amide bonds. The monoisotopic (exact) mass is 560 g/mol. The highest BCUT2D eigenvalue weighted by Gasteiger charge is 2.39. The second kappa shape index (κ2) is 12.3. The number of alkyl carbamates (subject to hydrolysis) is 1. The van der Waals surface area contributed by atoms with Crippen molar-refractivity contribution in [2.24, 2.45) is 11.8 Å². The summed E-state index contributed by atoms with van der Waals surface area (Å²) < 4.78 is 5.58. The lowest BCUT2D eigenvalue weighted by Crippen LogP contribution is -2.51. The number of rotatable bonds is 4. The number of aromatic amines is 1. The predicted octanol–water partition coefficient (Wildman–Crippen LogP) is 3.95. The molecule has 33 heavy (non-hydrogen) atoms. The Morgan fingerprint density at radius 3 is 2.24 bits per heavy atom. The van der Waals surface area contributed by atoms with Crippen LogP contribution in [0.5, 0.6) is 0 Å². The third-order valence-electron chi connectivity index (χ3n) is 5.28. The Morgan fingerprint density at radius 2 is 1.82 bits per heavy atom. The first kappa shape index (κ1) is 26.3. The topological polar surface area (TPSA) is 87.3 Å². The first-order chi connectivity index (χ1) is 15.7. The van der Waals surface area contributed by atoms with Crippen LogP contribution in [0.2, 0.25) is 0 Å². The van der Waals surface area contributed by atoms with Crippen molar-refractivity contribution in [2.75, 3.05) is 13.7 Å². The third-order valence-corrected chi connectivity index (χ3v) is 5.83. The number of carbonyl (C=O) groups is 2. The maximum atomic E-state index is 13.0. The Bertz CT molecular complexity index is 1000. The first-order valence-electron chi connectivity index (χ1n) is 10.6. The first-order valence-corrected chi connectivity index (χ1v) is 11.7. The number of benzene rings is 1. The summed E-state index contributed by atoms with van der Waals surface area (Å²) in [4.78, 5) is 33.9. The van der Waals surface area contributed by atoms with Gasteiger partial charge in [0.25, 0.3) is 0 Å². The zero-order valence-corrected chi connectivity index (χ0v) is 21.4. The van der Waals surface area contributed by atoms with Gasteiger partial charge in [0.2, 0.25) is 5.91 Å². The van der Waals surface area contributed by atoms with Gasteiger partial charge in [0.05, 0.1) is 23.0 Å². The highest BCUT2D eigenvalue weighted by Crippen LogP contribution is 2.34. The van der Waals surface area contributed by atoms with Crippen LogP contribution in [0, 0.1) is 40.2 Å². The minimum atomic E-state index is -0.607. The minimum Gasteiger partial charge on any atom is -0.453 e. The van der Waals surface area contributed by atoms with Gasteiger partial charge in [-0.3, -0.25) is 4.79 Å². The fourth-order valence-corrected chi connectivity index (χ4v) is 3.99. The molecule has 1 fully saturated rings. The van der Waals surface area contributed by atoms with Gasteiger partial charge in [0.15, 0.2) is 0 Å². The van der Waals surface area contributed by atoms with E-state index in [-0.39, 0.29) is 17.9 Å². The van der Waals surface area contributed by atoms with Crippen molar-refractivity contribution < 1.29 is 14.3 Å². The number of nitrogens with one attached hydrogen (secondary N) is 2. The summed E-state index contributed by atoms with van der Waals surface area (Å²) in [6.45, 7) is 6.59. The van der Waals surface area contributed by atoms with Crippen molar-refractivity contribution >= 4 is 34.6 Å². The number of hydrogen-bond acceptors (Lipinski definition) is 4. The summed E-state index contributed by atoms with van der Waals surface area (Å²) in [5.74, 6) is 6.08. The van der Waals surface area contributed by atoms with Crippen LogP contribution in [-0.2, 0) is 9.53 Å². The van der Waals surface area contributed by atoms with E-state index in [1.54, 1.807) is 6.20 Å². The maximum absolute atomic E-state index is 13.0. The summed E-state index contributed by atoms with van der Waals surface area (Å²) in [6.07, 6.45) is 12.3. The smallest absolute Gasteiger partial charge is 0.407 e. The normalized spacial score (nSPS) is 17.9. The predicted molar refractivity (Wildman–Crippen MR) is 136 cm³/mol. The minimum absolute atomic E-state index is 0.0325. The maximum Gasteiger partial charge on any atom is 0.407 e. The number of halogens is 1. The summed E-state index contributed by atoms with van der Waals surface area (Å²) in [6, 6.07) is 6.63. The van der Waals surface area contributed by atoms with Gasteiger partial charge in [-0.25, -0.2) is 9.78 Å². The number of amides is 2. The third kappa shape index (κ3) is 7.26. The molecule has 2 aromatic rings. The van der Waals surface area contributed by atoms with E-state index in [9.17, 15) is 9.59 Å². The number of likely N-dealkylation sites (tertiary alicyclic amines) is 1. The average molecular weight is 560 g/mol. The Labute approximate surface area is 209 Å². The van der Waals surface area contributed by atoms with Crippen LogP contribution in [0.1, 0.15) is 50.2 Å². The lowest BCUT2D eigenvalue weighted by Gasteiger charge is -2.30. The Hall–Kier alpha value is -2.98. The van der Waals surface area contributed by atoms with Crippen molar-refractivity contribution in [1.29, 1.82) is 0 Å². The van der Waals surface area contributed by atoms with Gasteiger partial charge in [-0.05, 0) is 65.1 Å². The van der Waals surface area contributed by atoms with Crippen LogP contribution in [0.4, 0.5) is 4.79 Å². The Morgan fingerprint density at radius 1 is 1.24 bits per heavy atom. The lowest BCUT2D eigenvalue weighted by atomic mass is 10.0. The number of methoxy groups -OCH3 is 1. The number of aromatic nitrogens is 2. The summed E-state index contributed by atoms with van der Waals surface area (Å²) in [5, 5.41) is 2.65. The van der Waals surface area contributed by atoms with Crippen LogP contribution < -0.4 is 5.32 Å². The number of carbonyl (C=O) groups excluding carboxylic acids is 2. The second-order valence-corrected chi connectivity index (χ2v) is 9.35. The van der Waals surface area contributed by atoms with E-state index in [0.717, 1.165) is 27.1 Å². The van der Waals surface area contributed by atoms with Crippen molar-refractivity contribution in [1.82, 2.24) is 20.2 Å². The molecule has 0 saturated carbocycles. The van der Waals surface area contributed by atoms with Gasteiger partial charge in [0, 0.05) is 17.7 Å². The SMILES string of the molecule is C#Cc1ccc(C#C)cc1.COC(=O)N[C@H](C(=O)N1C[C@@H](C)C[C@H]1c1ncc(I)[nH]1)C(C)C. The van der Waals surface area contributed by atoms with E-state index in [2.05, 4.69) is 61.4 Å². The molecular weight excluding hydrogens is 531 g/mol. The standard InChI is InChI=1S/C15H23IN4O3.C10H6/c1-8(2)12(19-15(22)23-4)14(21)20-7-9(3)5-10(20)13-17-6-11(16)18-13;1-3-9-5-7-10(4-2)8-6-9/h6,8-10,12H,5,7H2,1-4H3,(H,17,18)(H,19,22);1-2,5-8H/t9-,10-,12-;/m0./s1. The quantitative estimate of drug-likeness (QED) is 0.438. The molecule has 0 bridgehead atoms. The van der Waals surface area contributed by atoms with Gasteiger partial charge in [-0.15, -0.1) is 12.8 Å². The highest BCUT2D eigenvalue weighted by molar-refractivity contribution is 14.1. The second-order valence-electron chi connectivity index (χ2n) is 8.19. The fourth-order valence-electron chi connectivity index (χ4n) is 3.57. The highest BCUT2D eigenvalue weighted by atomic mass is 127. The number of H-pyrrole nitrogens is 1. The molecule has 3 atom stereocenters. The molecule has 7 nitrogen and oxygen atoms in total. The average Bonchev–Trinajstić information content (AvgIpc) is 3.42. The molecule has 1 aliphatic heterocycles. The molecular formula is C25H29IN4O3. The van der Waals surface area contributed by atoms with Crippen molar-refractivity contribution in [3.8, 4) is 24.7 Å². The molecule has 2 N–H and O–H groups in total. The Kier molecular flexibility index (Phi) is 9.80. The molecule has 1 saturated heterocycles. The number of hydrogen-bond donors (Lipinski definition) is 2. The van der Waals surface area contributed by atoms with Gasteiger partial charge in [-0.1, -0.05) is 32.6 Å². The molecule has 2 heterocycles. The molecule has 1 aromatic carbocycles. The van der Waals surface area contributed by atoms with Crippen LogP contribution in [0.25, 0.3) is 0 Å². The number of ether oxygens (including phenoxy) is 1. The number of imidazole rings is 1. The summed E-state index contributed by atoms with van der Waals surface area (Å²) >= 11 is 2.17. The largest absolute Gasteiger partial charge is 0.453 e. The Balaban J connectivity index is 0.000000321. The van der Waals surface area contributed by atoms with Crippen molar-refractivity contribution in [2.45, 2.75) is 39.3 Å². The van der Waals surface area contributed by atoms with Gasteiger partial charge in [0.1, 0.15) is 11.9 Å². The molecule has 3 rings (SSSR count). The van der Waals surface area contributed by atoms with E-state index < -0.39 is 12.1 Å². The molecule has 1 aromatic heterocycles. The van der Waals surface area contributed by atoms with E-state index in [0.29, 0.717) is 12.5 Å². The van der Waals surface area contributed by atoms with Crippen molar-refractivity contribution in [3.05, 3.63) is 51.1 Å². The molecule has 0 spiro atoms. The van der Waals surface area contributed by atoms with Gasteiger partial charge >= 0.3 is 6.09 Å². The molecule has 8 heteroatoms. The van der Waals surface area contributed by atoms with Crippen LogP contribution in [0.15, 0.2) is 30.5 Å². The van der Waals surface area contributed by atoms with Crippen LogP contribution in [-0.4, -0.2) is 46.6 Å². The van der Waals surface area contributed by atoms with Crippen LogP contribution in [0.3, 0.4) is 0 Å². The molecule has 0 unspecified atom stereocenters. The van der Waals surface area contributed by atoms with E-state index in [1.807, 2.05) is 43.0 Å². The fraction of sp³-hybridized carbons (Fsp3) is 0.400. The summed E-state index contributed by atoms with van der Waals surface area (Å²) in [5.41, 5.74) is 1.72. The van der Waals surface area contributed by atoms with Crippen LogP contribution >= 0.6 is 22.6 Å². The molecule has 0 aliphatic carbocycles. The van der Waals surface area contributed by atoms with Gasteiger partial charge < -0.3 is 19.9 Å². The molecule has 174 valence electrons. The number of nitrogens with zero attached hydrogens (tertiary/aromatic N) is 2. The van der Waals surface area contributed by atoms with Gasteiger partial charge in [-0.2, -0.15) is 0 Å². The zero-order chi connectivity index (χ0) is 24.5. The van der Waals surface area contributed by atoms with E-state index >= 15 is 0 Å². The summed E-state index contributed by atoms with van der Waals surface area (Å²) in [7, 11) is 1.29. The molecule has 1 aliphatic rings. The van der Waals surface area contributed by atoms with E-state index in [4.69, 9.17) is 12.8 Å². The van der Waals surface area contributed by atoms with Crippen molar-refractivity contribution in [3.63, 3.8) is 0 Å². The number of terminal acetylenes is 2.